The third kappa shape index (κ3) is 3.69. The highest BCUT2D eigenvalue weighted by atomic mass is 16.5. The van der Waals surface area contributed by atoms with Gasteiger partial charge in [-0.1, -0.05) is 36.9 Å². The maximum atomic E-state index is 12.6. The van der Waals surface area contributed by atoms with Gasteiger partial charge < -0.3 is 14.0 Å². The van der Waals surface area contributed by atoms with E-state index in [1.165, 1.54) is 23.4 Å². The second-order valence-corrected chi connectivity index (χ2v) is 5.89. The molecule has 0 radical (unpaired) electrons. The molecule has 1 aromatic heterocycles. The smallest absolute Gasteiger partial charge is 0.320 e. The van der Waals surface area contributed by atoms with Crippen molar-refractivity contribution < 1.29 is 9.47 Å². The van der Waals surface area contributed by atoms with Gasteiger partial charge in [0.05, 0.1) is 26.5 Å². The Morgan fingerprint density at radius 3 is 2.26 bits per heavy atom. The zero-order chi connectivity index (χ0) is 19.4. The molecule has 0 saturated carbocycles. The molecule has 0 fully saturated rings. The van der Waals surface area contributed by atoms with E-state index in [4.69, 9.17) is 9.47 Å². The summed E-state index contributed by atoms with van der Waals surface area (Å²) in [6, 6.07) is 12.7. The quantitative estimate of drug-likeness (QED) is 0.631. The van der Waals surface area contributed by atoms with E-state index in [0.717, 1.165) is 11.1 Å². The largest absolute Gasteiger partial charge is 0.493 e. The summed E-state index contributed by atoms with van der Waals surface area (Å²) in [7, 11) is 3.05. The van der Waals surface area contributed by atoms with Crippen molar-refractivity contribution in [2.24, 2.45) is 0 Å². The molecule has 0 N–H and O–H groups in total. The van der Waals surface area contributed by atoms with Gasteiger partial charge in [-0.15, -0.1) is 0 Å². The molecular formula is C21H20N2O4. The summed E-state index contributed by atoms with van der Waals surface area (Å²) in [6.45, 7) is 4.03. The van der Waals surface area contributed by atoms with Crippen LogP contribution >= 0.6 is 0 Å². The molecule has 0 amide bonds. The molecule has 0 saturated heterocycles. The minimum absolute atomic E-state index is 0.318. The van der Waals surface area contributed by atoms with Crippen molar-refractivity contribution in [1.29, 1.82) is 0 Å². The van der Waals surface area contributed by atoms with Gasteiger partial charge in [-0.25, -0.2) is 0 Å². The van der Waals surface area contributed by atoms with Crippen LogP contribution in [0.4, 0.5) is 0 Å². The summed E-state index contributed by atoms with van der Waals surface area (Å²) in [5.74, 6) is 1.03. The van der Waals surface area contributed by atoms with E-state index in [0.29, 0.717) is 23.7 Å². The van der Waals surface area contributed by atoms with Crippen LogP contribution in [0.2, 0.25) is 0 Å². The number of nitrogens with zero attached hydrogens (tertiary/aromatic N) is 2. The van der Waals surface area contributed by atoms with E-state index >= 15 is 0 Å². The predicted octanol–water partition coefficient (Wildman–Crippen LogP) is 2.71. The molecule has 6 heteroatoms. The molecule has 3 rings (SSSR count). The normalized spacial score (nSPS) is 10.4. The average Bonchev–Trinajstić information content (AvgIpc) is 2.71. The third-order valence-corrected chi connectivity index (χ3v) is 4.27. The van der Waals surface area contributed by atoms with Crippen molar-refractivity contribution >= 4 is 6.08 Å². The summed E-state index contributed by atoms with van der Waals surface area (Å²) in [5, 5.41) is 0. The first-order chi connectivity index (χ1) is 13.1. The van der Waals surface area contributed by atoms with Crippen molar-refractivity contribution in [2.75, 3.05) is 14.2 Å². The lowest BCUT2D eigenvalue weighted by atomic mass is 10.1. The molecule has 3 aromatic rings. The van der Waals surface area contributed by atoms with Gasteiger partial charge in [-0.05, 0) is 23.3 Å². The molecule has 0 unspecified atom stereocenters. The van der Waals surface area contributed by atoms with Gasteiger partial charge in [-0.2, -0.15) is 0 Å². The fourth-order valence-corrected chi connectivity index (χ4v) is 2.77. The van der Waals surface area contributed by atoms with Crippen molar-refractivity contribution in [3.05, 3.63) is 93.3 Å². The lowest BCUT2D eigenvalue weighted by molar-refractivity contribution is 0.355. The van der Waals surface area contributed by atoms with E-state index in [-0.39, 0.29) is 0 Å². The summed E-state index contributed by atoms with van der Waals surface area (Å²) >= 11 is 0. The van der Waals surface area contributed by atoms with Crippen LogP contribution in [0.25, 0.3) is 11.8 Å². The maximum absolute atomic E-state index is 12.6. The SMILES string of the molecule is C=Cc1ccc(Cn2ccn(-c3ccc(OC)c(OC)c3)c(=O)c2=O)cc1. The fourth-order valence-electron chi connectivity index (χ4n) is 2.77. The first-order valence-corrected chi connectivity index (χ1v) is 8.33. The first-order valence-electron chi connectivity index (χ1n) is 8.33. The molecule has 6 nitrogen and oxygen atoms in total. The number of benzene rings is 2. The Balaban J connectivity index is 1.96. The number of ether oxygens (including phenoxy) is 2. The van der Waals surface area contributed by atoms with Crippen LogP contribution in [0.5, 0.6) is 11.5 Å². The Morgan fingerprint density at radius 2 is 1.63 bits per heavy atom. The summed E-state index contributed by atoms with van der Waals surface area (Å²) in [5.41, 5.74) is 1.21. The number of aromatic nitrogens is 2. The summed E-state index contributed by atoms with van der Waals surface area (Å²) in [6.07, 6.45) is 4.92. The van der Waals surface area contributed by atoms with Crippen molar-refractivity contribution in [2.45, 2.75) is 6.54 Å². The van der Waals surface area contributed by atoms with Crippen molar-refractivity contribution in [3.63, 3.8) is 0 Å². The Labute approximate surface area is 156 Å². The summed E-state index contributed by atoms with van der Waals surface area (Å²) < 4.78 is 13.1. The molecule has 0 aliphatic heterocycles. The molecule has 1 heterocycles. The Bertz CT molecular complexity index is 1080. The van der Waals surface area contributed by atoms with E-state index in [9.17, 15) is 9.59 Å². The van der Waals surface area contributed by atoms with Crippen LogP contribution in [0.15, 0.2) is 71.0 Å². The predicted molar refractivity (Wildman–Crippen MR) is 105 cm³/mol. The molecular weight excluding hydrogens is 344 g/mol. The fraction of sp³-hybridized carbons (Fsp3) is 0.143. The zero-order valence-corrected chi connectivity index (χ0v) is 15.2. The van der Waals surface area contributed by atoms with Gasteiger partial charge in [0, 0.05) is 18.5 Å². The number of hydrogen-bond acceptors (Lipinski definition) is 4. The Kier molecular flexibility index (Phi) is 5.26. The van der Waals surface area contributed by atoms with E-state index in [2.05, 4.69) is 6.58 Å². The van der Waals surface area contributed by atoms with E-state index in [1.807, 2.05) is 24.3 Å². The highest BCUT2D eigenvalue weighted by molar-refractivity contribution is 5.49. The Morgan fingerprint density at radius 1 is 0.926 bits per heavy atom. The highest BCUT2D eigenvalue weighted by Crippen LogP contribution is 2.28. The van der Waals surface area contributed by atoms with Gasteiger partial charge in [0.1, 0.15) is 0 Å². The zero-order valence-electron chi connectivity index (χ0n) is 15.2. The molecule has 0 aliphatic rings. The third-order valence-electron chi connectivity index (χ3n) is 4.27. The molecule has 0 aliphatic carbocycles. The molecule has 27 heavy (non-hydrogen) atoms. The Hall–Kier alpha value is -3.54. The lowest BCUT2D eigenvalue weighted by Gasteiger charge is -2.12. The highest BCUT2D eigenvalue weighted by Gasteiger charge is 2.10. The van der Waals surface area contributed by atoms with Crippen LogP contribution in [0.3, 0.4) is 0 Å². The number of hydrogen-bond donors (Lipinski definition) is 0. The molecule has 0 spiro atoms. The molecule has 0 bridgehead atoms. The van der Waals surface area contributed by atoms with Crippen LogP contribution in [0.1, 0.15) is 11.1 Å². The van der Waals surface area contributed by atoms with Crippen LogP contribution in [-0.4, -0.2) is 23.4 Å². The minimum Gasteiger partial charge on any atom is -0.493 e. The maximum Gasteiger partial charge on any atom is 0.320 e. The second-order valence-electron chi connectivity index (χ2n) is 5.89. The number of rotatable bonds is 6. The minimum atomic E-state index is -0.632. The van der Waals surface area contributed by atoms with E-state index in [1.54, 1.807) is 36.7 Å². The topological polar surface area (TPSA) is 62.5 Å². The average molecular weight is 364 g/mol. The lowest BCUT2D eigenvalue weighted by Crippen LogP contribution is -2.40. The van der Waals surface area contributed by atoms with Gasteiger partial charge in [-0.3, -0.25) is 14.2 Å². The standard InChI is InChI=1S/C21H20N2O4/c1-4-15-5-7-16(8-6-15)14-22-11-12-23(21(25)20(22)24)17-9-10-18(26-2)19(13-17)27-3/h4-13H,1,14H2,2-3H3. The van der Waals surface area contributed by atoms with Crippen LogP contribution in [0, 0.1) is 0 Å². The van der Waals surface area contributed by atoms with Gasteiger partial charge >= 0.3 is 11.1 Å². The van der Waals surface area contributed by atoms with Gasteiger partial charge in [0.15, 0.2) is 11.5 Å². The van der Waals surface area contributed by atoms with Crippen molar-refractivity contribution in [3.8, 4) is 17.2 Å². The number of methoxy groups -OCH3 is 2. The second kappa shape index (κ2) is 7.78. The van der Waals surface area contributed by atoms with E-state index < -0.39 is 11.1 Å². The van der Waals surface area contributed by atoms with Gasteiger partial charge in [0.2, 0.25) is 0 Å². The molecule has 2 aromatic carbocycles. The first kappa shape index (κ1) is 18.3. The van der Waals surface area contributed by atoms with Crippen LogP contribution < -0.4 is 20.6 Å². The monoisotopic (exact) mass is 364 g/mol. The molecule has 0 atom stereocenters. The van der Waals surface area contributed by atoms with Gasteiger partial charge in [0.25, 0.3) is 0 Å². The summed E-state index contributed by atoms with van der Waals surface area (Å²) in [4.78, 5) is 25.1. The molecule has 138 valence electrons. The van der Waals surface area contributed by atoms with Crippen LogP contribution in [-0.2, 0) is 6.54 Å². The van der Waals surface area contributed by atoms with Crippen molar-refractivity contribution in [1.82, 2.24) is 9.13 Å².